The van der Waals surface area contributed by atoms with E-state index in [0.29, 0.717) is 35.3 Å². The highest BCUT2D eigenvalue weighted by Gasteiger charge is 2.35. The molecule has 1 aliphatic heterocycles. The van der Waals surface area contributed by atoms with Gasteiger partial charge in [0, 0.05) is 10.6 Å². The molecule has 0 N–H and O–H groups in total. The van der Waals surface area contributed by atoms with Crippen molar-refractivity contribution in [2.24, 2.45) is 0 Å². The molecule has 0 bridgehead atoms. The summed E-state index contributed by atoms with van der Waals surface area (Å²) in [5.41, 5.74) is 1.88. The molecule has 34 heavy (non-hydrogen) atoms. The van der Waals surface area contributed by atoms with E-state index >= 15 is 0 Å². The summed E-state index contributed by atoms with van der Waals surface area (Å²) in [5, 5.41) is 0.191. The zero-order valence-corrected chi connectivity index (χ0v) is 19.9. The summed E-state index contributed by atoms with van der Waals surface area (Å²) in [5.74, 6) is 0.147. The predicted octanol–water partition coefficient (Wildman–Crippen LogP) is 6.69. The molecule has 8 heteroatoms. The van der Waals surface area contributed by atoms with Gasteiger partial charge in [0.15, 0.2) is 11.5 Å². The number of halogens is 2. The Kier molecular flexibility index (Phi) is 7.55. The molecule has 1 saturated heterocycles. The minimum Gasteiger partial charge on any atom is -0.490 e. The quantitative estimate of drug-likeness (QED) is 0.324. The lowest BCUT2D eigenvalue weighted by Gasteiger charge is -2.13. The number of amides is 2. The van der Waals surface area contributed by atoms with Crippen LogP contribution < -0.4 is 9.47 Å². The zero-order valence-electron chi connectivity index (χ0n) is 18.3. The molecule has 0 radical (unpaired) electrons. The van der Waals surface area contributed by atoms with Gasteiger partial charge >= 0.3 is 0 Å². The van der Waals surface area contributed by atoms with E-state index in [1.54, 1.807) is 48.5 Å². The van der Waals surface area contributed by atoms with Crippen molar-refractivity contribution in [3.63, 3.8) is 0 Å². The Balaban J connectivity index is 1.51. The monoisotopic (exact) mass is 497 g/mol. The zero-order chi connectivity index (χ0) is 24.1. The molecule has 0 atom stereocenters. The van der Waals surface area contributed by atoms with Crippen LogP contribution in [0.4, 0.5) is 9.18 Å². The fourth-order valence-corrected chi connectivity index (χ4v) is 4.43. The summed E-state index contributed by atoms with van der Waals surface area (Å²) in [6.07, 6.45) is 1.62. The molecule has 0 aromatic heterocycles. The standard InChI is InChI=1S/C26H21ClFNO4S/c1-2-32-23-13-17(10-11-22(23)33-16-18-6-5-8-20(27)12-18)14-24-25(30)29(26(31)34-24)15-19-7-3-4-9-21(19)28/h3-14H,2,15-16H2,1H3/b24-14-. The van der Waals surface area contributed by atoms with Crippen LogP contribution in [-0.4, -0.2) is 22.7 Å². The van der Waals surface area contributed by atoms with Crippen LogP contribution in [0.15, 0.2) is 71.6 Å². The van der Waals surface area contributed by atoms with E-state index in [4.69, 9.17) is 21.1 Å². The van der Waals surface area contributed by atoms with Crippen molar-refractivity contribution in [1.29, 1.82) is 0 Å². The fourth-order valence-electron chi connectivity index (χ4n) is 3.37. The number of rotatable bonds is 8. The Hall–Kier alpha value is -3.29. The van der Waals surface area contributed by atoms with Crippen LogP contribution in [0.5, 0.6) is 11.5 Å². The summed E-state index contributed by atoms with van der Waals surface area (Å²) in [4.78, 5) is 26.5. The van der Waals surface area contributed by atoms with Gasteiger partial charge in [-0.2, -0.15) is 0 Å². The second-order valence-electron chi connectivity index (χ2n) is 7.42. The highest BCUT2D eigenvalue weighted by atomic mass is 35.5. The third-order valence-electron chi connectivity index (χ3n) is 5.01. The molecule has 3 aromatic carbocycles. The number of hydrogen-bond donors (Lipinski definition) is 0. The van der Waals surface area contributed by atoms with Crippen molar-refractivity contribution in [3.8, 4) is 11.5 Å². The van der Waals surface area contributed by atoms with Gasteiger partial charge in [-0.25, -0.2) is 4.39 Å². The van der Waals surface area contributed by atoms with Crippen molar-refractivity contribution >= 4 is 40.6 Å². The molecule has 0 aliphatic carbocycles. The molecule has 174 valence electrons. The minimum absolute atomic E-state index is 0.116. The van der Waals surface area contributed by atoms with E-state index in [9.17, 15) is 14.0 Å². The van der Waals surface area contributed by atoms with Gasteiger partial charge in [-0.1, -0.05) is 48.0 Å². The summed E-state index contributed by atoms with van der Waals surface area (Å²) in [6.45, 7) is 2.49. The molecule has 1 fully saturated rings. The summed E-state index contributed by atoms with van der Waals surface area (Å²) < 4.78 is 25.6. The highest BCUT2D eigenvalue weighted by molar-refractivity contribution is 8.18. The lowest BCUT2D eigenvalue weighted by molar-refractivity contribution is -0.123. The molecular weight excluding hydrogens is 477 g/mol. The molecule has 3 aromatic rings. The van der Waals surface area contributed by atoms with E-state index in [1.807, 2.05) is 25.1 Å². The Morgan fingerprint density at radius 3 is 2.59 bits per heavy atom. The SMILES string of the molecule is CCOc1cc(/C=C2\SC(=O)N(Cc3ccccc3F)C2=O)ccc1OCc1cccc(Cl)c1. The van der Waals surface area contributed by atoms with Gasteiger partial charge < -0.3 is 9.47 Å². The molecule has 4 rings (SSSR count). The molecule has 0 spiro atoms. The lowest BCUT2D eigenvalue weighted by Crippen LogP contribution is -2.27. The summed E-state index contributed by atoms with van der Waals surface area (Å²) >= 11 is 6.86. The Labute approximate surface area is 206 Å². The van der Waals surface area contributed by atoms with Crippen molar-refractivity contribution in [2.45, 2.75) is 20.1 Å². The Bertz CT molecular complexity index is 1260. The first-order valence-electron chi connectivity index (χ1n) is 10.6. The Morgan fingerprint density at radius 1 is 1.00 bits per heavy atom. The van der Waals surface area contributed by atoms with Crippen LogP contribution in [0.1, 0.15) is 23.6 Å². The van der Waals surface area contributed by atoms with Crippen molar-refractivity contribution in [1.82, 2.24) is 4.90 Å². The second-order valence-corrected chi connectivity index (χ2v) is 8.85. The maximum Gasteiger partial charge on any atom is 0.293 e. The molecule has 5 nitrogen and oxygen atoms in total. The summed E-state index contributed by atoms with van der Waals surface area (Å²) in [7, 11) is 0. The summed E-state index contributed by atoms with van der Waals surface area (Å²) in [6, 6.07) is 18.8. The van der Waals surface area contributed by atoms with Gasteiger partial charge in [0.25, 0.3) is 11.1 Å². The average Bonchev–Trinajstić information content (AvgIpc) is 3.07. The van der Waals surface area contributed by atoms with E-state index in [1.165, 1.54) is 6.07 Å². The average molecular weight is 498 g/mol. The van der Waals surface area contributed by atoms with Crippen LogP contribution in [-0.2, 0) is 17.9 Å². The minimum atomic E-state index is -0.461. The van der Waals surface area contributed by atoms with Crippen LogP contribution in [0, 0.1) is 5.82 Å². The van der Waals surface area contributed by atoms with Gasteiger partial charge in [0.2, 0.25) is 0 Å². The van der Waals surface area contributed by atoms with E-state index in [0.717, 1.165) is 22.2 Å². The third-order valence-corrected chi connectivity index (χ3v) is 6.15. The lowest BCUT2D eigenvalue weighted by atomic mass is 10.1. The first-order valence-corrected chi connectivity index (χ1v) is 11.8. The van der Waals surface area contributed by atoms with Crippen molar-refractivity contribution in [2.75, 3.05) is 6.61 Å². The molecular formula is C26H21ClFNO4S. The first kappa shape index (κ1) is 23.9. The number of carbonyl (C=O) groups excluding carboxylic acids is 2. The highest BCUT2D eigenvalue weighted by Crippen LogP contribution is 2.36. The smallest absolute Gasteiger partial charge is 0.293 e. The maximum atomic E-state index is 14.0. The number of nitrogens with zero attached hydrogens (tertiary/aromatic N) is 1. The number of imide groups is 1. The van der Waals surface area contributed by atoms with Gasteiger partial charge in [-0.05, 0) is 66.2 Å². The molecule has 0 unspecified atom stereocenters. The maximum absolute atomic E-state index is 14.0. The van der Waals surface area contributed by atoms with Gasteiger partial charge in [-0.15, -0.1) is 0 Å². The van der Waals surface area contributed by atoms with Gasteiger partial charge in [0.1, 0.15) is 12.4 Å². The topological polar surface area (TPSA) is 55.8 Å². The molecule has 2 amide bonds. The van der Waals surface area contributed by atoms with Gasteiger partial charge in [0.05, 0.1) is 18.1 Å². The van der Waals surface area contributed by atoms with Crippen LogP contribution >= 0.6 is 23.4 Å². The fraction of sp³-hybridized carbons (Fsp3) is 0.154. The van der Waals surface area contributed by atoms with E-state index < -0.39 is 17.0 Å². The Morgan fingerprint density at radius 2 is 1.82 bits per heavy atom. The molecule has 0 saturated carbocycles. The predicted molar refractivity (Wildman–Crippen MR) is 131 cm³/mol. The van der Waals surface area contributed by atoms with Crippen molar-refractivity contribution in [3.05, 3.63) is 99.2 Å². The van der Waals surface area contributed by atoms with E-state index in [-0.39, 0.29) is 17.0 Å². The number of thioether (sulfide) groups is 1. The van der Waals surface area contributed by atoms with Crippen molar-refractivity contribution < 1.29 is 23.5 Å². The van der Waals surface area contributed by atoms with Crippen LogP contribution in [0.3, 0.4) is 0 Å². The molecule has 1 aliphatic rings. The van der Waals surface area contributed by atoms with Gasteiger partial charge in [-0.3, -0.25) is 14.5 Å². The van der Waals surface area contributed by atoms with E-state index in [2.05, 4.69) is 0 Å². The number of hydrogen-bond acceptors (Lipinski definition) is 5. The largest absolute Gasteiger partial charge is 0.490 e. The number of ether oxygens (including phenoxy) is 2. The number of carbonyl (C=O) groups is 2. The number of benzene rings is 3. The third kappa shape index (κ3) is 5.61. The normalized spacial score (nSPS) is 14.7. The first-order chi connectivity index (χ1) is 16.4. The second kappa shape index (κ2) is 10.8. The van der Waals surface area contributed by atoms with Crippen LogP contribution in [0.25, 0.3) is 6.08 Å². The van der Waals surface area contributed by atoms with Crippen LogP contribution in [0.2, 0.25) is 5.02 Å². The molecule has 1 heterocycles.